The molecule has 0 spiro atoms. The number of alkyl halides is 1. The molecule has 4 bridgehead atoms. The Morgan fingerprint density at radius 2 is 1.67 bits per heavy atom. The molecule has 0 unspecified atom stereocenters. The summed E-state index contributed by atoms with van der Waals surface area (Å²) in [7, 11) is 0. The van der Waals surface area contributed by atoms with Crippen LogP contribution in [0.1, 0.15) is 70.8 Å². The lowest BCUT2D eigenvalue weighted by molar-refractivity contribution is -0.117. The smallest absolute Gasteiger partial charge is 0.157 e. The van der Waals surface area contributed by atoms with Crippen molar-refractivity contribution in [3.05, 3.63) is 41.6 Å². The molecule has 0 radical (unpaired) electrons. The fourth-order valence-corrected chi connectivity index (χ4v) is 8.46. The molecule has 2 atom stereocenters. The van der Waals surface area contributed by atoms with Gasteiger partial charge in [-0.25, -0.2) is 0 Å². The molecule has 2 nitrogen and oxygen atoms in total. The highest BCUT2D eigenvalue weighted by Crippen LogP contribution is 2.64. The van der Waals surface area contributed by atoms with E-state index < -0.39 is 0 Å². The summed E-state index contributed by atoms with van der Waals surface area (Å²) in [6.07, 6.45) is 11.6. The Kier molecular flexibility index (Phi) is 3.96. The Morgan fingerprint density at radius 1 is 1.00 bits per heavy atom. The van der Waals surface area contributed by atoms with Crippen LogP contribution in [-0.4, -0.2) is 10.1 Å². The molecule has 0 heterocycles. The van der Waals surface area contributed by atoms with E-state index in [4.69, 9.17) is 0 Å². The van der Waals surface area contributed by atoms with E-state index in [1.54, 1.807) is 6.08 Å². The van der Waals surface area contributed by atoms with Gasteiger partial charge in [-0.1, -0.05) is 41.9 Å². The van der Waals surface area contributed by atoms with Crippen molar-refractivity contribution in [2.75, 3.05) is 5.32 Å². The number of nitrogens with one attached hydrogen (secondary N) is 1. The first-order valence-electron chi connectivity index (χ1n) is 10.5. The van der Waals surface area contributed by atoms with Gasteiger partial charge in [0.15, 0.2) is 5.78 Å². The van der Waals surface area contributed by atoms with Gasteiger partial charge in [0.25, 0.3) is 0 Å². The molecule has 1 aromatic rings. The molecular weight excluding hydrogens is 398 g/mol. The van der Waals surface area contributed by atoms with E-state index in [0.29, 0.717) is 16.2 Å². The third kappa shape index (κ3) is 3.30. The quantitative estimate of drug-likeness (QED) is 0.568. The monoisotopic (exact) mass is 427 g/mol. The maximum atomic E-state index is 12.0. The molecule has 144 valence electrons. The van der Waals surface area contributed by atoms with Gasteiger partial charge < -0.3 is 5.32 Å². The van der Waals surface area contributed by atoms with E-state index in [9.17, 15) is 4.79 Å². The standard InChI is InChI=1S/C24H30BrNO/c1-22(2)13-20(8-21(27)14-22)26-19-5-3-18(4-6-19)23-9-16-7-17(10-23)12-24(25,11-16)15-23/h3-6,8,16-17,26H,7,9-15H2,1-2H3/t16-,17-,23?,24?/m0/s1. The van der Waals surface area contributed by atoms with E-state index in [0.717, 1.165) is 29.6 Å². The molecule has 27 heavy (non-hydrogen) atoms. The number of allylic oxidation sites excluding steroid dienone is 2. The van der Waals surface area contributed by atoms with Gasteiger partial charge in [-0.2, -0.15) is 0 Å². The summed E-state index contributed by atoms with van der Waals surface area (Å²) in [5, 5.41) is 3.51. The minimum atomic E-state index is 0.0531. The molecule has 1 N–H and O–H groups in total. The van der Waals surface area contributed by atoms with Crippen LogP contribution in [0.3, 0.4) is 0 Å². The van der Waals surface area contributed by atoms with Crippen molar-refractivity contribution in [3.8, 4) is 0 Å². The Balaban J connectivity index is 1.36. The first-order chi connectivity index (χ1) is 12.7. The van der Waals surface area contributed by atoms with Crippen LogP contribution in [0.4, 0.5) is 5.69 Å². The van der Waals surface area contributed by atoms with Crippen molar-refractivity contribution in [1.82, 2.24) is 0 Å². The fourth-order valence-electron chi connectivity index (χ4n) is 7.01. The van der Waals surface area contributed by atoms with Gasteiger partial charge in [-0.05, 0) is 85.3 Å². The molecule has 6 rings (SSSR count). The maximum Gasteiger partial charge on any atom is 0.157 e. The summed E-state index contributed by atoms with van der Waals surface area (Å²) in [6, 6.07) is 9.15. The van der Waals surface area contributed by atoms with Crippen LogP contribution in [0.5, 0.6) is 0 Å². The molecule has 1 aromatic carbocycles. The average molecular weight is 428 g/mol. The second-order valence-corrected chi connectivity index (χ2v) is 12.4. The molecule has 5 aliphatic rings. The summed E-state index contributed by atoms with van der Waals surface area (Å²) >= 11 is 4.13. The van der Waals surface area contributed by atoms with Crippen molar-refractivity contribution in [1.29, 1.82) is 0 Å². The molecule has 3 heteroatoms. The second kappa shape index (κ2) is 5.95. The van der Waals surface area contributed by atoms with Gasteiger partial charge in [0, 0.05) is 28.2 Å². The molecule has 0 aliphatic heterocycles. The van der Waals surface area contributed by atoms with Gasteiger partial charge in [0.05, 0.1) is 0 Å². The Hall–Kier alpha value is -1.09. The minimum absolute atomic E-state index is 0.0531. The summed E-state index contributed by atoms with van der Waals surface area (Å²) in [5.74, 6) is 2.05. The van der Waals surface area contributed by atoms with Gasteiger partial charge in [0.2, 0.25) is 0 Å². The van der Waals surface area contributed by atoms with E-state index in [1.807, 2.05) is 0 Å². The van der Waals surface area contributed by atoms with Gasteiger partial charge >= 0.3 is 0 Å². The number of benzene rings is 1. The average Bonchev–Trinajstić information content (AvgIpc) is 2.51. The highest BCUT2D eigenvalue weighted by Gasteiger charge is 2.57. The van der Waals surface area contributed by atoms with Crippen molar-refractivity contribution < 1.29 is 4.79 Å². The lowest BCUT2D eigenvalue weighted by Gasteiger charge is -2.60. The van der Waals surface area contributed by atoms with Crippen molar-refractivity contribution in [3.63, 3.8) is 0 Å². The van der Waals surface area contributed by atoms with E-state index in [-0.39, 0.29) is 11.2 Å². The number of hydrogen-bond donors (Lipinski definition) is 1. The molecule has 5 aliphatic carbocycles. The van der Waals surface area contributed by atoms with Crippen molar-refractivity contribution in [2.45, 2.75) is 75.0 Å². The number of rotatable bonds is 3. The largest absolute Gasteiger partial charge is 0.359 e. The maximum absolute atomic E-state index is 12.0. The number of anilines is 1. The first-order valence-corrected chi connectivity index (χ1v) is 11.3. The summed E-state index contributed by atoms with van der Waals surface area (Å²) in [5.41, 5.74) is 4.12. The highest BCUT2D eigenvalue weighted by atomic mass is 79.9. The van der Waals surface area contributed by atoms with Crippen LogP contribution < -0.4 is 5.32 Å². The molecule has 4 saturated carbocycles. The summed E-state index contributed by atoms with van der Waals surface area (Å²) in [4.78, 5) is 12.0. The Morgan fingerprint density at radius 3 is 2.26 bits per heavy atom. The van der Waals surface area contributed by atoms with Crippen LogP contribution >= 0.6 is 15.9 Å². The van der Waals surface area contributed by atoms with Crippen LogP contribution in [0.25, 0.3) is 0 Å². The van der Waals surface area contributed by atoms with Crippen LogP contribution in [0.15, 0.2) is 36.0 Å². The zero-order chi connectivity index (χ0) is 18.9. The molecule has 4 fully saturated rings. The summed E-state index contributed by atoms with van der Waals surface area (Å²) < 4.78 is 0.396. The summed E-state index contributed by atoms with van der Waals surface area (Å²) in [6.45, 7) is 4.34. The zero-order valence-electron chi connectivity index (χ0n) is 16.5. The number of halogens is 1. The predicted octanol–water partition coefficient (Wildman–Crippen LogP) is 6.36. The molecule has 0 saturated heterocycles. The zero-order valence-corrected chi connectivity index (χ0v) is 18.1. The molecule has 0 aromatic heterocycles. The van der Waals surface area contributed by atoms with E-state index in [2.05, 4.69) is 59.4 Å². The molecule has 0 amide bonds. The number of carbonyl (C=O) groups excluding carboxylic acids is 1. The fraction of sp³-hybridized carbons (Fsp3) is 0.625. The van der Waals surface area contributed by atoms with Crippen LogP contribution in [0.2, 0.25) is 0 Å². The Labute approximate surface area is 171 Å². The SMILES string of the molecule is CC1(C)CC(=O)C=C(Nc2ccc(C34C[C@@H]5C[C@H](CC(Br)(C5)C3)C4)cc2)C1. The first kappa shape index (κ1) is 18.0. The number of hydrogen-bond acceptors (Lipinski definition) is 2. The highest BCUT2D eigenvalue weighted by molar-refractivity contribution is 9.10. The molecular formula is C24H30BrNO. The topological polar surface area (TPSA) is 29.1 Å². The Bertz CT molecular complexity index is 792. The van der Waals surface area contributed by atoms with Gasteiger partial charge in [-0.15, -0.1) is 0 Å². The predicted molar refractivity (Wildman–Crippen MR) is 114 cm³/mol. The lowest BCUT2D eigenvalue weighted by atomic mass is 9.48. The lowest BCUT2D eigenvalue weighted by Crippen LogP contribution is -2.54. The van der Waals surface area contributed by atoms with E-state index in [1.165, 1.54) is 44.1 Å². The van der Waals surface area contributed by atoms with Crippen molar-refractivity contribution in [2.24, 2.45) is 17.3 Å². The van der Waals surface area contributed by atoms with Gasteiger partial charge in [-0.3, -0.25) is 4.79 Å². The minimum Gasteiger partial charge on any atom is -0.359 e. The van der Waals surface area contributed by atoms with Crippen molar-refractivity contribution >= 4 is 27.4 Å². The number of ketones is 1. The number of carbonyl (C=O) groups is 1. The van der Waals surface area contributed by atoms with Gasteiger partial charge in [0.1, 0.15) is 0 Å². The second-order valence-electron chi connectivity index (χ2n) is 10.7. The van der Waals surface area contributed by atoms with Crippen LogP contribution in [0, 0.1) is 17.3 Å². The third-order valence-electron chi connectivity index (χ3n) is 7.45. The third-order valence-corrected chi connectivity index (χ3v) is 8.38. The van der Waals surface area contributed by atoms with Crippen LogP contribution in [-0.2, 0) is 10.2 Å². The van der Waals surface area contributed by atoms with E-state index >= 15 is 0 Å². The normalized spacial score (nSPS) is 39.4.